The Morgan fingerprint density at radius 1 is 1.26 bits per heavy atom. The number of rotatable bonds is 4. The van der Waals surface area contributed by atoms with Gasteiger partial charge in [0.05, 0.1) is 41.7 Å². The van der Waals surface area contributed by atoms with E-state index in [0.717, 1.165) is 30.6 Å². The number of fused-ring (bicyclic) bond motifs is 1. The third-order valence-electron chi connectivity index (χ3n) is 5.14. The zero-order valence-electron chi connectivity index (χ0n) is 14.8. The molecule has 1 atom stereocenters. The van der Waals surface area contributed by atoms with Crippen molar-refractivity contribution in [2.45, 2.75) is 25.3 Å². The van der Waals surface area contributed by atoms with Crippen molar-refractivity contribution in [1.29, 1.82) is 0 Å². The zero-order valence-corrected chi connectivity index (χ0v) is 14.8. The van der Waals surface area contributed by atoms with Crippen LogP contribution < -0.4 is 10.2 Å². The van der Waals surface area contributed by atoms with Gasteiger partial charge in [-0.05, 0) is 25.0 Å². The summed E-state index contributed by atoms with van der Waals surface area (Å²) < 4.78 is 10.9. The molecule has 1 N–H and O–H groups in total. The second-order valence-corrected chi connectivity index (χ2v) is 6.78. The van der Waals surface area contributed by atoms with Gasteiger partial charge < -0.3 is 19.4 Å². The Labute approximate surface area is 156 Å². The highest BCUT2D eigenvalue weighted by Crippen LogP contribution is 2.32. The van der Waals surface area contributed by atoms with E-state index in [-0.39, 0.29) is 17.6 Å². The van der Waals surface area contributed by atoms with Crippen molar-refractivity contribution < 1.29 is 18.9 Å². The standard InChI is InChI=1S/C19H21N3O5/c23-19(20-16-2-1-3-18-14(16)6-9-27-18)15-12-13(22(24)25)4-5-17(15)21-7-10-26-11-8-21/h4-6,9,12,16H,1-3,7-8,10-11H2,(H,20,23). The van der Waals surface area contributed by atoms with E-state index in [1.54, 1.807) is 12.3 Å². The molecule has 2 aromatic rings. The first-order valence-corrected chi connectivity index (χ1v) is 9.12. The maximum atomic E-state index is 13.1. The topological polar surface area (TPSA) is 97.8 Å². The van der Waals surface area contributed by atoms with E-state index in [9.17, 15) is 14.9 Å². The van der Waals surface area contributed by atoms with Gasteiger partial charge in [-0.25, -0.2) is 0 Å². The van der Waals surface area contributed by atoms with E-state index in [1.165, 1.54) is 12.1 Å². The Morgan fingerprint density at radius 2 is 2.07 bits per heavy atom. The zero-order chi connectivity index (χ0) is 18.8. The number of carbonyl (C=O) groups excluding carboxylic acids is 1. The van der Waals surface area contributed by atoms with E-state index >= 15 is 0 Å². The molecular formula is C19H21N3O5. The van der Waals surface area contributed by atoms with Crippen LogP contribution in [0.1, 0.15) is 40.6 Å². The molecule has 1 amide bonds. The number of hydrogen-bond acceptors (Lipinski definition) is 6. The summed E-state index contributed by atoms with van der Waals surface area (Å²) >= 11 is 0. The summed E-state index contributed by atoms with van der Waals surface area (Å²) in [5.74, 6) is 0.596. The molecule has 2 heterocycles. The number of non-ortho nitro benzene ring substituents is 1. The highest BCUT2D eigenvalue weighted by atomic mass is 16.6. The summed E-state index contributed by atoms with van der Waals surface area (Å²) in [5, 5.41) is 14.3. The van der Waals surface area contributed by atoms with Crippen LogP contribution in [-0.4, -0.2) is 37.1 Å². The van der Waals surface area contributed by atoms with Gasteiger partial charge in [-0.2, -0.15) is 0 Å². The molecular weight excluding hydrogens is 350 g/mol. The summed E-state index contributed by atoms with van der Waals surface area (Å²) in [6, 6.07) is 6.20. The van der Waals surface area contributed by atoms with Crippen molar-refractivity contribution in [3.05, 3.63) is 57.5 Å². The third kappa shape index (κ3) is 3.52. The number of anilines is 1. The number of morpholine rings is 1. The number of amides is 1. The van der Waals surface area contributed by atoms with Gasteiger partial charge in [-0.1, -0.05) is 0 Å². The van der Waals surface area contributed by atoms with Gasteiger partial charge in [-0.15, -0.1) is 0 Å². The number of furan rings is 1. The van der Waals surface area contributed by atoms with Gasteiger partial charge in [0, 0.05) is 37.2 Å². The van der Waals surface area contributed by atoms with Gasteiger partial charge in [0.25, 0.3) is 11.6 Å². The Morgan fingerprint density at radius 3 is 2.85 bits per heavy atom. The maximum Gasteiger partial charge on any atom is 0.270 e. The lowest BCUT2D eigenvalue weighted by Crippen LogP contribution is -2.38. The van der Waals surface area contributed by atoms with E-state index in [0.29, 0.717) is 37.6 Å². The van der Waals surface area contributed by atoms with E-state index in [4.69, 9.17) is 9.15 Å². The summed E-state index contributed by atoms with van der Waals surface area (Å²) in [4.78, 5) is 25.8. The van der Waals surface area contributed by atoms with Crippen LogP contribution in [0, 0.1) is 10.1 Å². The van der Waals surface area contributed by atoms with Gasteiger partial charge in [0.1, 0.15) is 5.76 Å². The van der Waals surface area contributed by atoms with Gasteiger partial charge in [-0.3, -0.25) is 14.9 Å². The molecule has 8 nitrogen and oxygen atoms in total. The van der Waals surface area contributed by atoms with Crippen molar-refractivity contribution in [2.24, 2.45) is 0 Å². The minimum Gasteiger partial charge on any atom is -0.469 e. The lowest BCUT2D eigenvalue weighted by molar-refractivity contribution is -0.384. The molecule has 0 bridgehead atoms. The number of ether oxygens (including phenoxy) is 1. The molecule has 1 aromatic carbocycles. The summed E-state index contributed by atoms with van der Waals surface area (Å²) in [6.45, 7) is 2.43. The Bertz CT molecular complexity index is 857. The van der Waals surface area contributed by atoms with E-state index < -0.39 is 4.92 Å². The van der Waals surface area contributed by atoms with Crippen LogP contribution >= 0.6 is 0 Å². The fraction of sp³-hybridized carbons (Fsp3) is 0.421. The molecule has 142 valence electrons. The van der Waals surface area contributed by atoms with Gasteiger partial charge >= 0.3 is 0 Å². The fourth-order valence-electron chi connectivity index (χ4n) is 3.77. The molecule has 1 unspecified atom stereocenters. The normalized spacial score (nSPS) is 19.4. The number of aryl methyl sites for hydroxylation is 1. The molecule has 0 saturated carbocycles. The average molecular weight is 371 g/mol. The summed E-state index contributed by atoms with van der Waals surface area (Å²) in [5.41, 5.74) is 1.92. The van der Waals surface area contributed by atoms with Crippen molar-refractivity contribution in [3.63, 3.8) is 0 Å². The first-order valence-electron chi connectivity index (χ1n) is 9.12. The first-order chi connectivity index (χ1) is 13.1. The third-order valence-corrected chi connectivity index (χ3v) is 5.14. The summed E-state index contributed by atoms with van der Waals surface area (Å²) in [7, 11) is 0. The van der Waals surface area contributed by atoms with Crippen LogP contribution in [0.25, 0.3) is 0 Å². The highest BCUT2D eigenvalue weighted by molar-refractivity contribution is 6.00. The summed E-state index contributed by atoms with van der Waals surface area (Å²) in [6.07, 6.45) is 4.25. The Kier molecular flexibility index (Phi) is 4.81. The van der Waals surface area contributed by atoms with Crippen molar-refractivity contribution in [1.82, 2.24) is 5.32 Å². The quantitative estimate of drug-likeness (QED) is 0.656. The number of hydrogen-bond donors (Lipinski definition) is 1. The van der Waals surface area contributed by atoms with Crippen LogP contribution in [0.3, 0.4) is 0 Å². The number of nitrogens with one attached hydrogen (secondary N) is 1. The van der Waals surface area contributed by atoms with Crippen LogP contribution in [0.2, 0.25) is 0 Å². The molecule has 8 heteroatoms. The van der Waals surface area contributed by atoms with Crippen molar-refractivity contribution in [3.8, 4) is 0 Å². The van der Waals surface area contributed by atoms with E-state index in [1.807, 2.05) is 11.0 Å². The molecule has 1 saturated heterocycles. The van der Waals surface area contributed by atoms with Crippen LogP contribution in [-0.2, 0) is 11.2 Å². The van der Waals surface area contributed by atoms with Crippen LogP contribution in [0.15, 0.2) is 34.9 Å². The molecule has 1 fully saturated rings. The lowest BCUT2D eigenvalue weighted by atomic mass is 9.93. The molecule has 0 radical (unpaired) electrons. The number of benzene rings is 1. The van der Waals surface area contributed by atoms with Gasteiger partial charge in [0.2, 0.25) is 0 Å². The highest BCUT2D eigenvalue weighted by Gasteiger charge is 2.27. The van der Waals surface area contributed by atoms with E-state index in [2.05, 4.69) is 5.32 Å². The average Bonchev–Trinajstić information content (AvgIpc) is 3.18. The van der Waals surface area contributed by atoms with Crippen LogP contribution in [0.4, 0.5) is 11.4 Å². The number of nitro benzene ring substituents is 1. The monoisotopic (exact) mass is 371 g/mol. The van der Waals surface area contributed by atoms with Crippen LogP contribution in [0.5, 0.6) is 0 Å². The molecule has 0 spiro atoms. The predicted molar refractivity (Wildman–Crippen MR) is 98.0 cm³/mol. The smallest absolute Gasteiger partial charge is 0.270 e. The minimum atomic E-state index is -0.478. The number of nitrogens with zero attached hydrogens (tertiary/aromatic N) is 2. The van der Waals surface area contributed by atoms with Crippen molar-refractivity contribution >= 4 is 17.3 Å². The Balaban J connectivity index is 1.63. The molecule has 4 rings (SSSR count). The minimum absolute atomic E-state index is 0.0928. The SMILES string of the molecule is O=C(NC1CCCc2occc21)c1cc([N+](=O)[O-])ccc1N1CCOCC1. The Hall–Kier alpha value is -2.87. The maximum absolute atomic E-state index is 13.1. The van der Waals surface area contributed by atoms with Gasteiger partial charge in [0.15, 0.2) is 0 Å². The first kappa shape index (κ1) is 17.5. The van der Waals surface area contributed by atoms with Crippen molar-refractivity contribution in [2.75, 3.05) is 31.2 Å². The largest absolute Gasteiger partial charge is 0.469 e. The molecule has 1 aliphatic heterocycles. The molecule has 27 heavy (non-hydrogen) atoms. The second-order valence-electron chi connectivity index (χ2n) is 6.78. The second kappa shape index (κ2) is 7.40. The lowest BCUT2D eigenvalue weighted by Gasteiger charge is -2.30. The molecule has 1 aromatic heterocycles. The molecule has 1 aliphatic carbocycles. The fourth-order valence-corrected chi connectivity index (χ4v) is 3.77. The number of nitro groups is 1. The predicted octanol–water partition coefficient (Wildman–Crippen LogP) is 2.83. The number of carbonyl (C=O) groups is 1. The molecule has 2 aliphatic rings.